The molecule has 188 valence electrons. The van der Waals surface area contributed by atoms with Gasteiger partial charge in [-0.2, -0.15) is 0 Å². The van der Waals surface area contributed by atoms with Crippen LogP contribution in [0.15, 0.2) is 48.7 Å². The number of benzene rings is 2. The van der Waals surface area contributed by atoms with E-state index in [0.717, 1.165) is 23.6 Å². The molecule has 1 atom stereocenters. The van der Waals surface area contributed by atoms with Crippen molar-refractivity contribution in [3.63, 3.8) is 0 Å². The molecule has 0 saturated carbocycles. The van der Waals surface area contributed by atoms with E-state index in [4.69, 9.17) is 11.6 Å². The zero-order chi connectivity index (χ0) is 25.7. The van der Waals surface area contributed by atoms with Crippen molar-refractivity contribution in [2.45, 2.75) is 44.9 Å². The minimum absolute atomic E-state index is 0.193. The molecule has 1 unspecified atom stereocenters. The monoisotopic (exact) mass is 518 g/mol. The highest BCUT2D eigenvalue weighted by atomic mass is 35.5. The maximum Gasteiger partial charge on any atom is 0.255 e. The normalized spacial score (nSPS) is 19.6. The van der Waals surface area contributed by atoms with Gasteiger partial charge in [0.1, 0.15) is 11.7 Å². The Balaban J connectivity index is 1.23. The van der Waals surface area contributed by atoms with Gasteiger partial charge in [-0.3, -0.25) is 29.6 Å². The number of hydrogen-bond acceptors (Lipinski definition) is 5. The van der Waals surface area contributed by atoms with Crippen molar-refractivity contribution in [1.29, 1.82) is 0 Å². The highest BCUT2D eigenvalue weighted by molar-refractivity contribution is 6.31. The fourth-order valence-corrected chi connectivity index (χ4v) is 5.75. The van der Waals surface area contributed by atoms with Gasteiger partial charge in [0.2, 0.25) is 11.8 Å². The molecule has 3 aliphatic rings. The van der Waals surface area contributed by atoms with E-state index < -0.39 is 17.8 Å². The average molecular weight is 519 g/mol. The molecule has 1 saturated heterocycles. The summed E-state index contributed by atoms with van der Waals surface area (Å²) < 4.78 is 15.7. The summed E-state index contributed by atoms with van der Waals surface area (Å²) >= 11 is 6.40. The first-order valence-electron chi connectivity index (χ1n) is 12.3. The van der Waals surface area contributed by atoms with Crippen LogP contribution in [0.4, 0.5) is 4.39 Å². The standard InChI is InChI=1S/C28H24ClFN4O3/c29-22-3-1-2-16-9-11-33(15-21(16)22)13-18-8-10-31-26(25(18)30)17-4-5-20-19(12-17)14-34(28(20)37)23-6-7-24(35)32-27(23)36/h1-5,8,10,12,23H,6-7,9,11,13-15H2,(H,32,35,36). The van der Waals surface area contributed by atoms with Crippen molar-refractivity contribution in [1.82, 2.24) is 20.1 Å². The summed E-state index contributed by atoms with van der Waals surface area (Å²) in [5, 5.41) is 3.04. The maximum absolute atomic E-state index is 15.7. The molecular formula is C28H24ClFN4O3. The van der Waals surface area contributed by atoms with E-state index >= 15 is 4.39 Å². The van der Waals surface area contributed by atoms with Crippen LogP contribution in [0.25, 0.3) is 11.3 Å². The second kappa shape index (κ2) is 9.36. The number of amides is 3. The predicted octanol–water partition coefficient (Wildman–Crippen LogP) is 3.86. The van der Waals surface area contributed by atoms with Crippen LogP contribution >= 0.6 is 11.6 Å². The number of nitrogens with one attached hydrogen (secondary N) is 1. The molecule has 3 aromatic rings. The van der Waals surface area contributed by atoms with Crippen molar-refractivity contribution < 1.29 is 18.8 Å². The first-order chi connectivity index (χ1) is 17.9. The smallest absolute Gasteiger partial charge is 0.255 e. The Morgan fingerprint density at radius 3 is 2.76 bits per heavy atom. The molecule has 7 nitrogen and oxygen atoms in total. The zero-order valence-corrected chi connectivity index (χ0v) is 20.7. The Bertz CT molecular complexity index is 1460. The van der Waals surface area contributed by atoms with Gasteiger partial charge in [0.15, 0.2) is 5.82 Å². The van der Waals surface area contributed by atoms with E-state index in [2.05, 4.69) is 21.3 Å². The summed E-state index contributed by atoms with van der Waals surface area (Å²) in [6, 6.07) is 12.1. The average Bonchev–Trinajstić information content (AvgIpc) is 3.21. The van der Waals surface area contributed by atoms with Crippen molar-refractivity contribution >= 4 is 29.3 Å². The minimum Gasteiger partial charge on any atom is -0.322 e. The van der Waals surface area contributed by atoms with E-state index in [1.807, 2.05) is 12.1 Å². The third-order valence-corrected chi connectivity index (χ3v) is 7.81. The number of halogens is 2. The molecule has 3 aliphatic heterocycles. The van der Waals surface area contributed by atoms with Gasteiger partial charge in [0.05, 0.1) is 0 Å². The van der Waals surface area contributed by atoms with Crippen molar-refractivity contribution in [2.24, 2.45) is 0 Å². The van der Waals surface area contributed by atoms with Crippen molar-refractivity contribution in [3.05, 3.63) is 87.3 Å². The number of carbonyl (C=O) groups is 3. The molecule has 9 heteroatoms. The number of hydrogen-bond donors (Lipinski definition) is 1. The second-order valence-electron chi connectivity index (χ2n) is 9.74. The number of pyridine rings is 1. The van der Waals surface area contributed by atoms with Crippen LogP contribution in [0.1, 0.15) is 45.5 Å². The van der Waals surface area contributed by atoms with E-state index in [1.54, 1.807) is 30.5 Å². The van der Waals surface area contributed by atoms with E-state index in [0.29, 0.717) is 41.8 Å². The number of carbonyl (C=O) groups excluding carboxylic acids is 3. The lowest BCUT2D eigenvalue weighted by Gasteiger charge is -2.29. The van der Waals surface area contributed by atoms with Gasteiger partial charge >= 0.3 is 0 Å². The van der Waals surface area contributed by atoms with E-state index in [1.165, 1.54) is 10.5 Å². The zero-order valence-electron chi connectivity index (χ0n) is 20.0. The summed E-state index contributed by atoms with van der Waals surface area (Å²) in [6.45, 7) is 2.12. The lowest BCUT2D eigenvalue weighted by atomic mass is 9.99. The Morgan fingerprint density at radius 2 is 1.92 bits per heavy atom. The number of imide groups is 1. The van der Waals surface area contributed by atoms with Gasteiger partial charge in [0, 0.05) is 60.5 Å². The summed E-state index contributed by atoms with van der Waals surface area (Å²) in [5.74, 6) is -1.44. The van der Waals surface area contributed by atoms with E-state index in [9.17, 15) is 14.4 Å². The summed E-state index contributed by atoms with van der Waals surface area (Å²) in [6.07, 6.45) is 2.95. The number of fused-ring (bicyclic) bond motifs is 2. The fourth-order valence-electron chi connectivity index (χ4n) is 5.50. The van der Waals surface area contributed by atoms with Gasteiger partial charge in [-0.1, -0.05) is 29.8 Å². The first kappa shape index (κ1) is 23.8. The molecule has 3 amide bonds. The second-order valence-corrected chi connectivity index (χ2v) is 10.1. The molecule has 4 heterocycles. The van der Waals surface area contributed by atoms with Crippen molar-refractivity contribution in [2.75, 3.05) is 6.54 Å². The third-order valence-electron chi connectivity index (χ3n) is 7.46. The number of piperidine rings is 1. The largest absolute Gasteiger partial charge is 0.322 e. The Morgan fingerprint density at radius 1 is 1.05 bits per heavy atom. The van der Waals surface area contributed by atoms with Gasteiger partial charge in [-0.25, -0.2) is 4.39 Å². The topological polar surface area (TPSA) is 82.6 Å². The molecule has 1 aromatic heterocycles. The summed E-state index contributed by atoms with van der Waals surface area (Å²) in [4.78, 5) is 44.8. The Hall–Kier alpha value is -3.62. The molecule has 6 rings (SSSR count). The van der Waals surface area contributed by atoms with Crippen LogP contribution in [0, 0.1) is 5.82 Å². The third kappa shape index (κ3) is 4.30. The molecule has 0 spiro atoms. The van der Waals surface area contributed by atoms with E-state index in [-0.39, 0.29) is 30.5 Å². The van der Waals surface area contributed by atoms with Crippen LogP contribution in [0.2, 0.25) is 5.02 Å². The number of aromatic nitrogens is 1. The first-order valence-corrected chi connectivity index (χ1v) is 12.7. The Kier molecular flexibility index (Phi) is 6.01. The van der Waals surface area contributed by atoms with Gasteiger partial charge in [0.25, 0.3) is 5.91 Å². The highest BCUT2D eigenvalue weighted by Gasteiger charge is 2.39. The lowest BCUT2D eigenvalue weighted by Crippen LogP contribution is -2.52. The quantitative estimate of drug-likeness (QED) is 0.530. The molecule has 0 aliphatic carbocycles. The summed E-state index contributed by atoms with van der Waals surface area (Å²) in [7, 11) is 0. The molecule has 0 bridgehead atoms. The van der Waals surface area contributed by atoms with Crippen LogP contribution in [0.3, 0.4) is 0 Å². The van der Waals surface area contributed by atoms with Gasteiger partial charge in [-0.15, -0.1) is 0 Å². The molecule has 1 N–H and O–H groups in total. The molecule has 1 fully saturated rings. The van der Waals surface area contributed by atoms with Crippen molar-refractivity contribution in [3.8, 4) is 11.3 Å². The molecular weight excluding hydrogens is 495 g/mol. The molecule has 0 radical (unpaired) electrons. The number of nitrogens with zero attached hydrogens (tertiary/aromatic N) is 3. The SMILES string of the molecule is O=C1CCC(N2Cc3cc(-c4nccc(CN5CCc6cccc(Cl)c6C5)c4F)ccc3C2=O)C(=O)N1. The lowest BCUT2D eigenvalue weighted by molar-refractivity contribution is -0.136. The van der Waals surface area contributed by atoms with Gasteiger partial charge < -0.3 is 4.90 Å². The minimum atomic E-state index is -0.692. The van der Waals surface area contributed by atoms with Crippen LogP contribution < -0.4 is 5.32 Å². The van der Waals surface area contributed by atoms with Gasteiger partial charge in [-0.05, 0) is 53.8 Å². The number of rotatable bonds is 4. The summed E-state index contributed by atoms with van der Waals surface area (Å²) in [5.41, 5.74) is 4.86. The molecule has 37 heavy (non-hydrogen) atoms. The Labute approximate surface area is 218 Å². The van der Waals surface area contributed by atoms with Crippen LogP contribution in [-0.4, -0.2) is 45.1 Å². The van der Waals surface area contributed by atoms with Crippen LogP contribution in [-0.2, 0) is 35.6 Å². The fraction of sp³-hybridized carbons (Fsp3) is 0.286. The predicted molar refractivity (Wildman–Crippen MR) is 135 cm³/mol. The highest BCUT2D eigenvalue weighted by Crippen LogP contribution is 2.33. The van der Waals surface area contributed by atoms with Crippen LogP contribution in [0.5, 0.6) is 0 Å². The molecule has 2 aromatic carbocycles. The maximum atomic E-state index is 15.7.